The third-order valence-corrected chi connectivity index (χ3v) is 7.20. The predicted molar refractivity (Wildman–Crippen MR) is 145 cm³/mol. The maximum atomic E-state index is 10.3. The third-order valence-electron chi connectivity index (χ3n) is 7.20. The number of benzene rings is 1. The van der Waals surface area contributed by atoms with E-state index in [1.165, 1.54) is 11.1 Å². The Kier molecular flexibility index (Phi) is 5.10. The molecule has 5 heterocycles. The molecule has 11 nitrogen and oxygen atoms in total. The van der Waals surface area contributed by atoms with Gasteiger partial charge in [0.1, 0.15) is 22.6 Å². The molecule has 11 heteroatoms. The van der Waals surface area contributed by atoms with Gasteiger partial charge in [-0.05, 0) is 80.3 Å². The number of hydrogen-bond donors (Lipinski definition) is 2. The third kappa shape index (κ3) is 3.86. The van der Waals surface area contributed by atoms with Crippen molar-refractivity contribution in [1.82, 2.24) is 44.3 Å². The molecule has 6 aromatic rings. The molecule has 1 aromatic carbocycles. The van der Waals surface area contributed by atoms with E-state index >= 15 is 0 Å². The van der Waals surface area contributed by atoms with Crippen molar-refractivity contribution in [3.8, 4) is 22.9 Å². The monoisotopic (exact) mass is 518 g/mol. The number of aryl methyl sites for hydroxylation is 1. The molecular weight excluding hydrogens is 492 g/mol. The molecule has 1 aliphatic carbocycles. The standard InChI is InChI=1S/C28H26N10O/c1-28(2,39)23-16-37(35-34-23)22-10-6-17-15-18(7-8-19(17)22)38-26(20-5-3-12-30-25(20)29)32-21-9-11-24(33-27(21)38)36-14-4-13-31-36/h3-5,7-9,11-16,22,39H,6,10H2,1-2H3,(H2,29,30)/t22-/m0/s1. The van der Waals surface area contributed by atoms with Crippen molar-refractivity contribution >= 4 is 17.0 Å². The zero-order chi connectivity index (χ0) is 26.7. The number of hydrogen-bond acceptors (Lipinski definition) is 8. The summed E-state index contributed by atoms with van der Waals surface area (Å²) in [4.78, 5) is 14.2. The van der Waals surface area contributed by atoms with Gasteiger partial charge in [0.2, 0.25) is 0 Å². The molecule has 3 N–H and O–H groups in total. The van der Waals surface area contributed by atoms with Gasteiger partial charge in [-0.15, -0.1) is 5.10 Å². The fraction of sp³-hybridized carbons (Fsp3) is 0.214. The summed E-state index contributed by atoms with van der Waals surface area (Å²) in [5.41, 5.74) is 11.3. The van der Waals surface area contributed by atoms with Crippen LogP contribution in [-0.2, 0) is 12.0 Å². The number of rotatable bonds is 5. The second-order valence-electron chi connectivity index (χ2n) is 10.3. The van der Waals surface area contributed by atoms with Crippen LogP contribution in [0.5, 0.6) is 0 Å². The highest BCUT2D eigenvalue weighted by Crippen LogP contribution is 2.37. The van der Waals surface area contributed by atoms with Gasteiger partial charge in [-0.25, -0.2) is 24.3 Å². The van der Waals surface area contributed by atoms with Crippen molar-refractivity contribution in [3.05, 3.63) is 90.1 Å². The number of fused-ring (bicyclic) bond motifs is 2. The van der Waals surface area contributed by atoms with Crippen molar-refractivity contribution in [2.75, 3.05) is 5.73 Å². The highest BCUT2D eigenvalue weighted by Gasteiger charge is 2.29. The lowest BCUT2D eigenvalue weighted by atomic mass is 10.1. The van der Waals surface area contributed by atoms with Crippen LogP contribution in [0.3, 0.4) is 0 Å². The minimum Gasteiger partial charge on any atom is -0.384 e. The van der Waals surface area contributed by atoms with E-state index in [0.29, 0.717) is 28.8 Å². The topological polar surface area (TPSA) is 138 Å². The summed E-state index contributed by atoms with van der Waals surface area (Å²) in [7, 11) is 0. The first-order valence-corrected chi connectivity index (χ1v) is 12.7. The van der Waals surface area contributed by atoms with Crippen LogP contribution in [0.25, 0.3) is 34.1 Å². The molecule has 0 amide bonds. The Morgan fingerprint density at radius 1 is 1.05 bits per heavy atom. The highest BCUT2D eigenvalue weighted by molar-refractivity contribution is 5.83. The number of nitrogen functional groups attached to an aromatic ring is 1. The largest absolute Gasteiger partial charge is 0.384 e. The molecule has 39 heavy (non-hydrogen) atoms. The van der Waals surface area contributed by atoms with Crippen LogP contribution < -0.4 is 5.73 Å². The van der Waals surface area contributed by atoms with Gasteiger partial charge in [0.15, 0.2) is 17.3 Å². The van der Waals surface area contributed by atoms with Crippen LogP contribution in [-0.4, -0.2) is 49.4 Å². The minimum absolute atomic E-state index is 0.0511. The Morgan fingerprint density at radius 2 is 1.95 bits per heavy atom. The Labute approximate surface area is 223 Å². The average Bonchev–Trinajstić information content (AvgIpc) is 3.72. The van der Waals surface area contributed by atoms with Gasteiger partial charge < -0.3 is 10.8 Å². The van der Waals surface area contributed by atoms with Gasteiger partial charge in [-0.3, -0.25) is 4.57 Å². The molecule has 194 valence electrons. The summed E-state index contributed by atoms with van der Waals surface area (Å²) in [5, 5.41) is 23.2. The molecule has 0 saturated heterocycles. The number of aromatic nitrogens is 9. The molecule has 7 rings (SSSR count). The normalized spacial score (nSPS) is 15.2. The summed E-state index contributed by atoms with van der Waals surface area (Å²) in [5.74, 6) is 1.76. The Hall–Kier alpha value is -4.90. The maximum Gasteiger partial charge on any atom is 0.167 e. The van der Waals surface area contributed by atoms with E-state index in [1.807, 2.05) is 52.0 Å². The molecule has 0 fully saturated rings. The second kappa shape index (κ2) is 8.57. The quantitative estimate of drug-likeness (QED) is 0.353. The van der Waals surface area contributed by atoms with Crippen molar-refractivity contribution in [2.45, 2.75) is 38.3 Å². The van der Waals surface area contributed by atoms with Crippen LogP contribution in [0.4, 0.5) is 5.82 Å². The molecule has 0 saturated carbocycles. The number of pyridine rings is 2. The summed E-state index contributed by atoms with van der Waals surface area (Å²) >= 11 is 0. The molecular formula is C28H26N10O. The van der Waals surface area contributed by atoms with E-state index in [4.69, 9.17) is 15.7 Å². The molecule has 0 bridgehead atoms. The van der Waals surface area contributed by atoms with Gasteiger partial charge in [0, 0.05) is 24.3 Å². The summed E-state index contributed by atoms with van der Waals surface area (Å²) in [6.07, 6.45) is 8.86. The Balaban J connectivity index is 1.37. The smallest absolute Gasteiger partial charge is 0.167 e. The lowest BCUT2D eigenvalue weighted by molar-refractivity contribution is 0.0737. The molecule has 1 aliphatic rings. The lowest BCUT2D eigenvalue weighted by Crippen LogP contribution is -2.16. The van der Waals surface area contributed by atoms with Gasteiger partial charge in [-0.2, -0.15) is 5.10 Å². The van der Waals surface area contributed by atoms with Gasteiger partial charge >= 0.3 is 0 Å². The maximum absolute atomic E-state index is 10.3. The zero-order valence-corrected chi connectivity index (χ0v) is 21.5. The van der Waals surface area contributed by atoms with Crippen LogP contribution >= 0.6 is 0 Å². The van der Waals surface area contributed by atoms with Crippen molar-refractivity contribution < 1.29 is 5.11 Å². The van der Waals surface area contributed by atoms with Crippen LogP contribution in [0.1, 0.15) is 43.1 Å². The number of anilines is 1. The Morgan fingerprint density at radius 3 is 2.72 bits per heavy atom. The SMILES string of the molecule is CC(C)(O)c1cn([C@H]2CCc3cc(-n4c(-c5cccnc5N)nc5ccc(-n6cccn6)nc54)ccc32)nn1. The molecule has 1 atom stereocenters. The molecule has 5 aromatic heterocycles. The first kappa shape index (κ1) is 23.2. The second-order valence-corrected chi connectivity index (χ2v) is 10.3. The summed E-state index contributed by atoms with van der Waals surface area (Å²) in [6.45, 7) is 3.42. The molecule has 0 unspecified atom stereocenters. The van der Waals surface area contributed by atoms with Crippen LogP contribution in [0.2, 0.25) is 0 Å². The molecule has 0 aliphatic heterocycles. The van der Waals surface area contributed by atoms with Crippen LogP contribution in [0.15, 0.2) is 73.3 Å². The van der Waals surface area contributed by atoms with E-state index < -0.39 is 5.60 Å². The summed E-state index contributed by atoms with van der Waals surface area (Å²) < 4.78 is 5.61. The average molecular weight is 519 g/mol. The predicted octanol–water partition coefficient (Wildman–Crippen LogP) is 3.60. The van der Waals surface area contributed by atoms with Gasteiger partial charge in [0.05, 0.1) is 17.8 Å². The van der Waals surface area contributed by atoms with E-state index in [2.05, 4.69) is 38.6 Å². The van der Waals surface area contributed by atoms with Crippen LogP contribution in [0, 0.1) is 0 Å². The highest BCUT2D eigenvalue weighted by atomic mass is 16.3. The Bertz CT molecular complexity index is 1830. The van der Waals surface area contributed by atoms with Gasteiger partial charge in [-0.1, -0.05) is 11.3 Å². The first-order valence-electron chi connectivity index (χ1n) is 12.7. The number of nitrogens with zero attached hydrogens (tertiary/aromatic N) is 9. The molecule has 0 spiro atoms. The van der Waals surface area contributed by atoms with Crippen molar-refractivity contribution in [2.24, 2.45) is 0 Å². The number of aliphatic hydroxyl groups is 1. The lowest BCUT2D eigenvalue weighted by Gasteiger charge is -2.15. The fourth-order valence-corrected chi connectivity index (χ4v) is 5.22. The first-order chi connectivity index (χ1) is 18.9. The van der Waals surface area contributed by atoms with E-state index in [-0.39, 0.29) is 6.04 Å². The van der Waals surface area contributed by atoms with Gasteiger partial charge in [0.25, 0.3) is 0 Å². The number of imidazole rings is 1. The fourth-order valence-electron chi connectivity index (χ4n) is 5.22. The van der Waals surface area contributed by atoms with E-state index in [0.717, 1.165) is 29.6 Å². The summed E-state index contributed by atoms with van der Waals surface area (Å²) in [6, 6.07) is 15.9. The number of nitrogens with two attached hydrogens (primary N) is 1. The minimum atomic E-state index is -1.04. The van der Waals surface area contributed by atoms with Crippen molar-refractivity contribution in [1.29, 1.82) is 0 Å². The molecule has 0 radical (unpaired) electrons. The van der Waals surface area contributed by atoms with E-state index in [1.54, 1.807) is 30.9 Å². The van der Waals surface area contributed by atoms with Crippen molar-refractivity contribution in [3.63, 3.8) is 0 Å². The zero-order valence-electron chi connectivity index (χ0n) is 21.5. The van der Waals surface area contributed by atoms with E-state index in [9.17, 15) is 5.11 Å².